The maximum absolute atomic E-state index is 13.4. The van der Waals surface area contributed by atoms with Crippen LogP contribution in [0, 0.1) is 5.92 Å². The van der Waals surface area contributed by atoms with Crippen molar-refractivity contribution >= 4 is 15.9 Å². The fraction of sp³-hybridized carbons (Fsp3) is 0.480. The molecule has 1 amide bonds. The second kappa shape index (κ2) is 11.7. The van der Waals surface area contributed by atoms with Gasteiger partial charge < -0.3 is 28.6 Å². The first kappa shape index (κ1) is 27.4. The largest absolute Gasteiger partial charge is 0.493 e. The Morgan fingerprint density at radius 3 is 2.08 bits per heavy atom. The third-order valence-corrected chi connectivity index (χ3v) is 8.11. The summed E-state index contributed by atoms with van der Waals surface area (Å²) in [6.45, 7) is 0.751. The van der Waals surface area contributed by atoms with Crippen LogP contribution in [0.15, 0.2) is 35.2 Å². The van der Waals surface area contributed by atoms with Gasteiger partial charge in [-0.2, -0.15) is 4.31 Å². The second-order valence-corrected chi connectivity index (χ2v) is 10.4. The number of benzene rings is 2. The summed E-state index contributed by atoms with van der Waals surface area (Å²) in [5.74, 6) is 1.65. The summed E-state index contributed by atoms with van der Waals surface area (Å²) < 4.78 is 54.7. The van der Waals surface area contributed by atoms with Crippen LogP contribution in [-0.2, 0) is 21.4 Å². The second-order valence-electron chi connectivity index (χ2n) is 8.45. The van der Waals surface area contributed by atoms with E-state index in [1.165, 1.54) is 52.0 Å². The van der Waals surface area contributed by atoms with Crippen LogP contribution in [0.3, 0.4) is 0 Å². The minimum Gasteiger partial charge on any atom is -0.493 e. The molecule has 10 nitrogen and oxygen atoms in total. The molecule has 0 radical (unpaired) electrons. The molecule has 11 heteroatoms. The van der Waals surface area contributed by atoms with E-state index < -0.39 is 15.9 Å². The highest BCUT2D eigenvalue weighted by atomic mass is 32.2. The van der Waals surface area contributed by atoms with Crippen LogP contribution in [-0.4, -0.2) is 79.2 Å². The van der Waals surface area contributed by atoms with Crippen molar-refractivity contribution in [1.82, 2.24) is 9.21 Å². The average Bonchev–Trinajstić information content (AvgIpc) is 2.91. The van der Waals surface area contributed by atoms with Crippen molar-refractivity contribution in [1.29, 1.82) is 0 Å². The van der Waals surface area contributed by atoms with Gasteiger partial charge in [-0.25, -0.2) is 8.42 Å². The maximum atomic E-state index is 13.4. The molecule has 2 aromatic rings. The minimum absolute atomic E-state index is 0.0963. The van der Waals surface area contributed by atoms with Gasteiger partial charge in [0.1, 0.15) is 0 Å². The Bertz CT molecular complexity index is 1160. The Labute approximate surface area is 212 Å². The van der Waals surface area contributed by atoms with Crippen LogP contribution >= 0.6 is 0 Å². The van der Waals surface area contributed by atoms with Crippen molar-refractivity contribution < 1.29 is 36.9 Å². The third kappa shape index (κ3) is 5.62. The first-order valence-electron chi connectivity index (χ1n) is 11.5. The molecule has 2 aromatic carbocycles. The van der Waals surface area contributed by atoms with E-state index in [-0.39, 0.29) is 17.3 Å². The highest BCUT2D eigenvalue weighted by Gasteiger charge is 2.35. The number of hydrogen-bond acceptors (Lipinski definition) is 8. The summed E-state index contributed by atoms with van der Waals surface area (Å²) in [7, 11) is 5.42. The van der Waals surface area contributed by atoms with Crippen molar-refractivity contribution in [2.24, 2.45) is 5.92 Å². The van der Waals surface area contributed by atoms with E-state index in [9.17, 15) is 13.2 Å². The van der Waals surface area contributed by atoms with E-state index in [0.29, 0.717) is 54.7 Å². The lowest BCUT2D eigenvalue weighted by atomic mass is 9.98. The van der Waals surface area contributed by atoms with E-state index >= 15 is 0 Å². The molecule has 0 spiro atoms. The van der Waals surface area contributed by atoms with Crippen molar-refractivity contribution in [3.8, 4) is 28.7 Å². The van der Waals surface area contributed by atoms with E-state index in [1.807, 2.05) is 0 Å². The monoisotopic (exact) mass is 522 g/mol. The summed E-state index contributed by atoms with van der Waals surface area (Å²) in [5, 5.41) is 0. The van der Waals surface area contributed by atoms with E-state index in [4.69, 9.17) is 23.7 Å². The molecular formula is C25H34N2O8S. The van der Waals surface area contributed by atoms with Crippen LogP contribution in [0.1, 0.15) is 18.4 Å². The van der Waals surface area contributed by atoms with Crippen molar-refractivity contribution in [2.75, 3.05) is 55.7 Å². The highest BCUT2D eigenvalue weighted by molar-refractivity contribution is 7.89. The molecule has 1 heterocycles. The van der Waals surface area contributed by atoms with Crippen LogP contribution in [0.5, 0.6) is 28.7 Å². The molecule has 36 heavy (non-hydrogen) atoms. The SMILES string of the molecule is COc1ccc(S(=O)(=O)N2CCC[C@H](C(=O)N(C)Cc3cc(OC)c(OC)c(OC)c3)C2)cc1OC. The quantitative estimate of drug-likeness (QED) is 0.469. The molecule has 1 saturated heterocycles. The fourth-order valence-corrected chi connectivity index (χ4v) is 5.92. The molecule has 3 rings (SSSR count). The predicted molar refractivity (Wildman–Crippen MR) is 134 cm³/mol. The number of hydrogen-bond donors (Lipinski definition) is 0. The van der Waals surface area contributed by atoms with E-state index in [2.05, 4.69) is 0 Å². The first-order chi connectivity index (χ1) is 17.2. The Morgan fingerprint density at radius 2 is 1.53 bits per heavy atom. The van der Waals surface area contributed by atoms with Crippen molar-refractivity contribution in [2.45, 2.75) is 24.3 Å². The van der Waals surface area contributed by atoms with Gasteiger partial charge in [0.05, 0.1) is 46.4 Å². The van der Waals surface area contributed by atoms with Crippen molar-refractivity contribution in [3.05, 3.63) is 35.9 Å². The average molecular weight is 523 g/mol. The molecule has 0 N–H and O–H groups in total. The van der Waals surface area contributed by atoms with E-state index in [0.717, 1.165) is 5.56 Å². The van der Waals surface area contributed by atoms with Gasteiger partial charge in [0, 0.05) is 32.7 Å². The number of carbonyl (C=O) groups is 1. The Hall–Kier alpha value is -3.18. The Kier molecular flexibility index (Phi) is 8.91. The highest BCUT2D eigenvalue weighted by Crippen LogP contribution is 2.38. The summed E-state index contributed by atoms with van der Waals surface area (Å²) >= 11 is 0. The van der Waals surface area contributed by atoms with Crippen LogP contribution in [0.4, 0.5) is 0 Å². The third-order valence-electron chi connectivity index (χ3n) is 6.25. The zero-order chi connectivity index (χ0) is 26.5. The number of rotatable bonds is 10. The normalized spacial score (nSPS) is 16.2. The molecule has 0 aliphatic carbocycles. The number of piperidine rings is 1. The summed E-state index contributed by atoms with van der Waals surface area (Å²) in [6.07, 6.45) is 1.19. The van der Waals surface area contributed by atoms with Gasteiger partial charge in [0.15, 0.2) is 23.0 Å². The molecule has 198 valence electrons. The molecule has 1 atom stereocenters. The van der Waals surface area contributed by atoms with Gasteiger partial charge in [-0.15, -0.1) is 0 Å². The molecular weight excluding hydrogens is 488 g/mol. The van der Waals surface area contributed by atoms with Gasteiger partial charge in [-0.3, -0.25) is 4.79 Å². The van der Waals surface area contributed by atoms with Crippen LogP contribution in [0.2, 0.25) is 0 Å². The van der Waals surface area contributed by atoms with Crippen molar-refractivity contribution in [3.63, 3.8) is 0 Å². The number of amides is 1. The predicted octanol–water partition coefficient (Wildman–Crippen LogP) is 2.79. The van der Waals surface area contributed by atoms with Gasteiger partial charge >= 0.3 is 0 Å². The molecule has 1 aliphatic rings. The lowest BCUT2D eigenvalue weighted by Crippen LogP contribution is -2.45. The number of sulfonamides is 1. The van der Waals surface area contributed by atoms with Gasteiger partial charge in [0.25, 0.3) is 0 Å². The Balaban J connectivity index is 1.76. The summed E-state index contributed by atoms with van der Waals surface area (Å²) in [5.41, 5.74) is 0.797. The summed E-state index contributed by atoms with van der Waals surface area (Å²) in [6, 6.07) is 8.07. The molecule has 1 aliphatic heterocycles. The standard InChI is InChI=1S/C25H34N2O8S/c1-26(15-17-12-22(33-4)24(35-6)23(13-17)34-5)25(28)18-8-7-11-27(16-18)36(29,30)19-9-10-20(31-2)21(14-19)32-3/h9-10,12-14,18H,7-8,11,15-16H2,1-6H3/t18-/m0/s1. The first-order valence-corrected chi connectivity index (χ1v) is 12.9. The molecule has 0 saturated carbocycles. The smallest absolute Gasteiger partial charge is 0.243 e. The summed E-state index contributed by atoms with van der Waals surface area (Å²) in [4.78, 5) is 15.0. The lowest BCUT2D eigenvalue weighted by molar-refractivity contribution is -0.135. The van der Waals surface area contributed by atoms with Crippen LogP contribution in [0.25, 0.3) is 0 Å². The van der Waals surface area contributed by atoms with Gasteiger partial charge in [0.2, 0.25) is 21.7 Å². The number of nitrogens with zero attached hydrogens (tertiary/aromatic N) is 2. The zero-order valence-electron chi connectivity index (χ0n) is 21.6. The Morgan fingerprint density at radius 1 is 0.917 bits per heavy atom. The topological polar surface area (TPSA) is 104 Å². The molecule has 1 fully saturated rings. The molecule has 0 unspecified atom stereocenters. The van der Waals surface area contributed by atoms with Crippen LogP contribution < -0.4 is 23.7 Å². The molecule has 0 bridgehead atoms. The van der Waals surface area contributed by atoms with E-state index in [1.54, 1.807) is 30.1 Å². The minimum atomic E-state index is -3.82. The zero-order valence-corrected chi connectivity index (χ0v) is 22.4. The van der Waals surface area contributed by atoms with Gasteiger partial charge in [-0.05, 0) is 42.7 Å². The number of methoxy groups -OCH3 is 5. The van der Waals surface area contributed by atoms with Gasteiger partial charge in [-0.1, -0.05) is 0 Å². The fourth-order valence-electron chi connectivity index (χ4n) is 4.38. The number of carbonyl (C=O) groups excluding carboxylic acids is 1. The maximum Gasteiger partial charge on any atom is 0.243 e. The lowest BCUT2D eigenvalue weighted by Gasteiger charge is -2.33. The molecule has 0 aromatic heterocycles. The number of ether oxygens (including phenoxy) is 5.